The number of hydrogen-bond acceptors (Lipinski definition) is 5. The summed E-state index contributed by atoms with van der Waals surface area (Å²) in [7, 11) is 3.77. The van der Waals surface area contributed by atoms with Gasteiger partial charge in [0.25, 0.3) is 5.92 Å². The molecule has 1 aliphatic carbocycles. The van der Waals surface area contributed by atoms with E-state index >= 15 is 0 Å². The van der Waals surface area contributed by atoms with Crippen LogP contribution in [0.2, 0.25) is 10.2 Å². The van der Waals surface area contributed by atoms with Crippen LogP contribution in [0.3, 0.4) is 0 Å². The van der Waals surface area contributed by atoms with Crippen molar-refractivity contribution >= 4 is 51.4 Å². The van der Waals surface area contributed by atoms with Gasteiger partial charge in [0.1, 0.15) is 6.04 Å². The Morgan fingerprint density at radius 2 is 2.00 bits per heavy atom. The molecular formula is C16H14Cl2F2N6. The molecule has 1 saturated carbocycles. The normalized spacial score (nSPS) is 18.2. The molecule has 1 aromatic carbocycles. The van der Waals surface area contributed by atoms with E-state index in [-0.39, 0.29) is 17.5 Å². The zero-order valence-electron chi connectivity index (χ0n) is 13.8. The van der Waals surface area contributed by atoms with Gasteiger partial charge in [-0.1, -0.05) is 23.2 Å². The van der Waals surface area contributed by atoms with Gasteiger partial charge in [0.05, 0.1) is 28.1 Å². The van der Waals surface area contributed by atoms with E-state index in [1.54, 1.807) is 12.3 Å². The van der Waals surface area contributed by atoms with Crippen molar-refractivity contribution in [2.24, 2.45) is 0 Å². The molecule has 0 amide bonds. The number of benzene rings is 1. The van der Waals surface area contributed by atoms with Crippen molar-refractivity contribution in [1.29, 1.82) is 0 Å². The summed E-state index contributed by atoms with van der Waals surface area (Å²) < 4.78 is 27.6. The molecule has 2 aromatic heterocycles. The highest BCUT2D eigenvalue weighted by molar-refractivity contribution is 6.34. The van der Waals surface area contributed by atoms with Gasteiger partial charge in [0, 0.05) is 32.1 Å². The molecule has 4 rings (SSSR count). The fraction of sp³-hybridized carbons (Fsp3) is 0.312. The second-order valence-electron chi connectivity index (χ2n) is 6.35. The third kappa shape index (κ3) is 2.93. The summed E-state index contributed by atoms with van der Waals surface area (Å²) in [6, 6.07) is 2.64. The Morgan fingerprint density at radius 3 is 2.65 bits per heavy atom. The molecule has 26 heavy (non-hydrogen) atoms. The Bertz CT molecular complexity index is 1000. The van der Waals surface area contributed by atoms with Crippen LogP contribution < -0.4 is 10.2 Å². The number of aromatic nitrogens is 4. The minimum Gasteiger partial charge on any atom is -0.376 e. The molecule has 6 nitrogen and oxygen atoms in total. The second kappa shape index (κ2) is 5.92. The van der Waals surface area contributed by atoms with Crippen LogP contribution in [0.5, 0.6) is 0 Å². The topological polar surface area (TPSA) is 58.9 Å². The lowest BCUT2D eigenvalue weighted by Crippen LogP contribution is -2.09. The summed E-state index contributed by atoms with van der Waals surface area (Å²) in [5.74, 6) is -2.47. The molecule has 1 aliphatic rings. The number of fused-ring (bicyclic) bond motifs is 1. The van der Waals surface area contributed by atoms with Gasteiger partial charge in [-0.15, -0.1) is 0 Å². The SMILES string of the molecule is CN(C)c1cc2nc(Nc3cnn(C4CC4(F)F)c3Cl)ncc2cc1Cl. The quantitative estimate of drug-likeness (QED) is 0.699. The predicted octanol–water partition coefficient (Wildman–Crippen LogP) is 4.52. The van der Waals surface area contributed by atoms with E-state index in [0.717, 1.165) is 15.8 Å². The Hall–Kier alpha value is -2.19. The maximum atomic E-state index is 13.2. The van der Waals surface area contributed by atoms with E-state index in [1.165, 1.54) is 6.20 Å². The average Bonchev–Trinajstić information content (AvgIpc) is 3.05. The van der Waals surface area contributed by atoms with Crippen LogP contribution in [0.4, 0.5) is 26.1 Å². The third-order valence-corrected chi connectivity index (χ3v) is 4.88. The number of rotatable bonds is 4. The fourth-order valence-electron chi connectivity index (χ4n) is 2.68. The highest BCUT2D eigenvalue weighted by atomic mass is 35.5. The van der Waals surface area contributed by atoms with Gasteiger partial charge in [-0.3, -0.25) is 0 Å². The molecule has 3 aromatic rings. The first-order valence-corrected chi connectivity index (χ1v) is 8.53. The lowest BCUT2D eigenvalue weighted by molar-refractivity contribution is 0.0984. The minimum atomic E-state index is -2.76. The molecule has 0 aliphatic heterocycles. The number of nitrogens with one attached hydrogen (secondary N) is 1. The smallest absolute Gasteiger partial charge is 0.272 e. The monoisotopic (exact) mass is 398 g/mol. The van der Waals surface area contributed by atoms with Crippen molar-refractivity contribution in [2.75, 3.05) is 24.3 Å². The second-order valence-corrected chi connectivity index (χ2v) is 7.12. The van der Waals surface area contributed by atoms with Crippen LogP contribution in [0.1, 0.15) is 12.5 Å². The van der Waals surface area contributed by atoms with Gasteiger partial charge >= 0.3 is 0 Å². The Kier molecular flexibility index (Phi) is 3.92. The van der Waals surface area contributed by atoms with Gasteiger partial charge in [-0.25, -0.2) is 23.4 Å². The summed E-state index contributed by atoms with van der Waals surface area (Å²) in [6.45, 7) is 0. The van der Waals surface area contributed by atoms with Crippen LogP contribution in [0.25, 0.3) is 10.9 Å². The first-order chi connectivity index (χ1) is 12.3. The van der Waals surface area contributed by atoms with Gasteiger partial charge in [0.15, 0.2) is 5.15 Å². The molecule has 136 valence electrons. The van der Waals surface area contributed by atoms with Crippen LogP contribution in [0.15, 0.2) is 24.5 Å². The molecule has 1 fully saturated rings. The maximum Gasteiger partial charge on any atom is 0.272 e. The Morgan fingerprint density at radius 1 is 1.27 bits per heavy atom. The van der Waals surface area contributed by atoms with Crippen molar-refractivity contribution < 1.29 is 8.78 Å². The van der Waals surface area contributed by atoms with Crippen molar-refractivity contribution in [3.8, 4) is 0 Å². The molecule has 1 atom stereocenters. The van der Waals surface area contributed by atoms with Crippen LogP contribution >= 0.6 is 23.2 Å². The Balaban J connectivity index is 1.64. The summed E-state index contributed by atoms with van der Waals surface area (Å²) in [5, 5.41) is 8.35. The van der Waals surface area contributed by atoms with Gasteiger partial charge in [0.2, 0.25) is 5.95 Å². The summed E-state index contributed by atoms with van der Waals surface area (Å²) >= 11 is 12.4. The van der Waals surface area contributed by atoms with Crippen molar-refractivity contribution in [2.45, 2.75) is 18.4 Å². The molecule has 0 spiro atoms. The highest BCUT2D eigenvalue weighted by Crippen LogP contribution is 2.53. The van der Waals surface area contributed by atoms with Crippen LogP contribution in [-0.4, -0.2) is 39.8 Å². The van der Waals surface area contributed by atoms with Gasteiger partial charge < -0.3 is 10.2 Å². The van der Waals surface area contributed by atoms with Crippen molar-refractivity contribution in [3.63, 3.8) is 0 Å². The third-order valence-electron chi connectivity index (χ3n) is 4.20. The van der Waals surface area contributed by atoms with E-state index < -0.39 is 12.0 Å². The van der Waals surface area contributed by atoms with E-state index in [2.05, 4.69) is 20.4 Å². The molecule has 10 heteroatoms. The van der Waals surface area contributed by atoms with E-state index in [4.69, 9.17) is 23.2 Å². The number of nitrogens with zero attached hydrogens (tertiary/aromatic N) is 5. The Labute approximate surface area is 157 Å². The lowest BCUT2D eigenvalue weighted by atomic mass is 10.2. The first-order valence-electron chi connectivity index (χ1n) is 7.78. The number of alkyl halides is 2. The molecule has 1 N–H and O–H groups in total. The molecule has 0 bridgehead atoms. The number of halogens is 4. The predicted molar refractivity (Wildman–Crippen MR) is 98.0 cm³/mol. The zero-order chi connectivity index (χ0) is 18.6. The molecule has 0 saturated heterocycles. The molecular weight excluding hydrogens is 385 g/mol. The number of anilines is 3. The van der Waals surface area contributed by atoms with E-state index in [9.17, 15) is 8.78 Å². The van der Waals surface area contributed by atoms with E-state index in [1.807, 2.05) is 25.1 Å². The summed E-state index contributed by atoms with van der Waals surface area (Å²) in [5.41, 5.74) is 1.88. The van der Waals surface area contributed by atoms with E-state index in [0.29, 0.717) is 16.2 Å². The van der Waals surface area contributed by atoms with Crippen LogP contribution in [0, 0.1) is 0 Å². The van der Waals surface area contributed by atoms with Crippen LogP contribution in [-0.2, 0) is 0 Å². The molecule has 2 heterocycles. The number of hydrogen-bond donors (Lipinski definition) is 1. The summed E-state index contributed by atoms with van der Waals surface area (Å²) in [6.07, 6.45) is 2.76. The highest BCUT2D eigenvalue weighted by Gasteiger charge is 2.59. The fourth-order valence-corrected chi connectivity index (χ4v) is 3.27. The maximum absolute atomic E-state index is 13.2. The lowest BCUT2D eigenvalue weighted by Gasteiger charge is -2.15. The van der Waals surface area contributed by atoms with Gasteiger partial charge in [-0.2, -0.15) is 5.10 Å². The summed E-state index contributed by atoms with van der Waals surface area (Å²) in [4.78, 5) is 10.5. The molecule has 1 unspecified atom stereocenters. The molecule has 0 radical (unpaired) electrons. The van der Waals surface area contributed by atoms with Gasteiger partial charge in [-0.05, 0) is 12.1 Å². The zero-order valence-corrected chi connectivity index (χ0v) is 15.4. The largest absolute Gasteiger partial charge is 0.376 e. The first kappa shape index (κ1) is 17.2. The van der Waals surface area contributed by atoms with Crippen molar-refractivity contribution in [1.82, 2.24) is 19.7 Å². The average molecular weight is 399 g/mol. The van der Waals surface area contributed by atoms with Crippen molar-refractivity contribution in [3.05, 3.63) is 34.7 Å². The standard InChI is InChI=1S/C16H14Cl2F2N6/c1-25(2)12-4-10-8(3-9(12)17)6-21-15(23-10)24-11-7-22-26(14(11)18)13-5-16(13,19)20/h3-4,6-7,13H,5H2,1-2H3,(H,21,23,24). The minimum absolute atomic E-state index is 0.0981.